The van der Waals surface area contributed by atoms with E-state index in [2.05, 4.69) is 15.6 Å². The van der Waals surface area contributed by atoms with Crippen molar-refractivity contribution >= 4 is 23.2 Å². The highest BCUT2D eigenvalue weighted by atomic mass is 32.1. The average Bonchev–Trinajstić information content (AvgIpc) is 3.09. The molecule has 0 saturated carbocycles. The molecule has 2 heterocycles. The van der Waals surface area contributed by atoms with Crippen LogP contribution in [0.1, 0.15) is 35.8 Å². The number of hydrogen-bond acceptors (Lipinski definition) is 6. The predicted octanol–water partition coefficient (Wildman–Crippen LogP) is 2.70. The van der Waals surface area contributed by atoms with Gasteiger partial charge in [0.25, 0.3) is 0 Å². The molecule has 1 aliphatic heterocycles. The smallest absolute Gasteiger partial charge is 0.337 e. The van der Waals surface area contributed by atoms with Gasteiger partial charge in [0, 0.05) is 37.0 Å². The van der Waals surface area contributed by atoms with Crippen molar-refractivity contribution in [3.05, 3.63) is 40.9 Å². The lowest BCUT2D eigenvalue weighted by atomic mass is 10.1. The minimum absolute atomic E-state index is 0.0307. The van der Waals surface area contributed by atoms with Gasteiger partial charge in [-0.1, -0.05) is 12.1 Å². The van der Waals surface area contributed by atoms with E-state index in [0.717, 1.165) is 48.7 Å². The van der Waals surface area contributed by atoms with Crippen LogP contribution in [0.5, 0.6) is 0 Å². The number of nitrogens with zero attached hydrogens (tertiary/aromatic N) is 2. The Morgan fingerprint density at radius 2 is 2.12 bits per heavy atom. The summed E-state index contributed by atoms with van der Waals surface area (Å²) in [4.78, 5) is 29.8. The number of ether oxygens (including phenoxy) is 1. The molecule has 0 bridgehead atoms. The Balaban J connectivity index is 1.62. The fraction of sp³-hybridized carbons (Fsp3) is 0.421. The molecule has 1 aliphatic rings. The van der Waals surface area contributed by atoms with E-state index in [1.54, 1.807) is 30.4 Å². The molecule has 1 aromatic heterocycles. The van der Waals surface area contributed by atoms with Crippen molar-refractivity contribution in [1.29, 1.82) is 0 Å². The Morgan fingerprint density at radius 1 is 1.35 bits per heavy atom. The molecule has 3 rings (SSSR count). The van der Waals surface area contributed by atoms with Crippen molar-refractivity contribution in [2.24, 2.45) is 0 Å². The van der Waals surface area contributed by atoms with Gasteiger partial charge in [-0.25, -0.2) is 9.78 Å². The van der Waals surface area contributed by atoms with E-state index in [1.165, 1.54) is 7.11 Å². The molecular formula is C19H23N3O3S. The quantitative estimate of drug-likeness (QED) is 0.816. The molecule has 138 valence electrons. The molecule has 0 aliphatic carbocycles. The highest BCUT2D eigenvalue weighted by molar-refractivity contribution is 7.13. The fourth-order valence-corrected chi connectivity index (χ4v) is 4.03. The third kappa shape index (κ3) is 4.68. The number of esters is 1. The lowest BCUT2D eigenvalue weighted by Crippen LogP contribution is -2.46. The highest BCUT2D eigenvalue weighted by Crippen LogP contribution is 2.25. The summed E-state index contributed by atoms with van der Waals surface area (Å²) in [6, 6.07) is 7.52. The first-order valence-corrected chi connectivity index (χ1v) is 9.55. The molecule has 1 atom stereocenters. The van der Waals surface area contributed by atoms with Crippen molar-refractivity contribution in [1.82, 2.24) is 15.2 Å². The number of carbonyl (C=O) groups excluding carboxylic acids is 2. The highest BCUT2D eigenvalue weighted by Gasteiger charge is 2.21. The third-order valence-corrected chi connectivity index (χ3v) is 5.34. The molecule has 1 fully saturated rings. The number of amides is 1. The average molecular weight is 373 g/mol. The molecule has 1 amide bonds. The van der Waals surface area contributed by atoms with Crippen LogP contribution in [-0.2, 0) is 16.1 Å². The molecule has 7 heteroatoms. The van der Waals surface area contributed by atoms with Crippen LogP contribution < -0.4 is 5.32 Å². The van der Waals surface area contributed by atoms with E-state index in [1.807, 2.05) is 12.1 Å². The molecule has 1 saturated heterocycles. The third-order valence-electron chi connectivity index (χ3n) is 4.40. The number of benzene rings is 1. The van der Waals surface area contributed by atoms with Crippen LogP contribution in [0.15, 0.2) is 29.6 Å². The van der Waals surface area contributed by atoms with Crippen LogP contribution >= 0.6 is 11.3 Å². The topological polar surface area (TPSA) is 71.5 Å². The summed E-state index contributed by atoms with van der Waals surface area (Å²) in [5, 5.41) is 6.02. The SMILES string of the molecule is COC(=O)c1ccc(-c2nc(CN3CCC[C@@H](NC(C)=O)C3)cs2)cc1. The summed E-state index contributed by atoms with van der Waals surface area (Å²) in [5.74, 6) is -0.307. The zero-order valence-electron chi connectivity index (χ0n) is 15.0. The standard InChI is InChI=1S/C19H23N3O3S/c1-13(23)20-16-4-3-9-22(10-16)11-17-12-26-18(21-17)14-5-7-15(8-6-14)19(24)25-2/h5-8,12,16H,3-4,9-11H2,1-2H3,(H,20,23)/t16-/m1/s1. The van der Waals surface area contributed by atoms with Gasteiger partial charge >= 0.3 is 5.97 Å². The first-order valence-electron chi connectivity index (χ1n) is 8.68. The van der Waals surface area contributed by atoms with Gasteiger partial charge in [0.05, 0.1) is 18.4 Å². The number of piperidine rings is 1. The van der Waals surface area contributed by atoms with Crippen LogP contribution in [0.3, 0.4) is 0 Å². The van der Waals surface area contributed by atoms with Crippen molar-refractivity contribution in [3.8, 4) is 10.6 Å². The maximum absolute atomic E-state index is 11.5. The lowest BCUT2D eigenvalue weighted by Gasteiger charge is -2.32. The lowest BCUT2D eigenvalue weighted by molar-refractivity contribution is -0.120. The van der Waals surface area contributed by atoms with Crippen molar-refractivity contribution < 1.29 is 14.3 Å². The molecule has 2 aromatic rings. The Labute approximate surface area is 157 Å². The zero-order chi connectivity index (χ0) is 18.5. The number of nitrogens with one attached hydrogen (secondary N) is 1. The van der Waals surface area contributed by atoms with Gasteiger partial charge in [0.1, 0.15) is 5.01 Å². The number of likely N-dealkylation sites (tertiary alicyclic amines) is 1. The fourth-order valence-electron chi connectivity index (χ4n) is 3.21. The number of aromatic nitrogens is 1. The predicted molar refractivity (Wildman–Crippen MR) is 101 cm³/mol. The molecular weight excluding hydrogens is 350 g/mol. The number of hydrogen-bond donors (Lipinski definition) is 1. The van der Waals surface area contributed by atoms with E-state index in [-0.39, 0.29) is 17.9 Å². The molecule has 0 radical (unpaired) electrons. The van der Waals surface area contributed by atoms with E-state index in [4.69, 9.17) is 9.72 Å². The van der Waals surface area contributed by atoms with Gasteiger partial charge in [0.2, 0.25) is 5.91 Å². The molecule has 1 N–H and O–H groups in total. The monoisotopic (exact) mass is 373 g/mol. The second-order valence-corrected chi connectivity index (χ2v) is 7.35. The number of methoxy groups -OCH3 is 1. The van der Waals surface area contributed by atoms with E-state index in [0.29, 0.717) is 5.56 Å². The van der Waals surface area contributed by atoms with E-state index < -0.39 is 0 Å². The Bertz CT molecular complexity index is 773. The van der Waals surface area contributed by atoms with Gasteiger partial charge in [0.15, 0.2) is 0 Å². The normalized spacial score (nSPS) is 17.7. The largest absolute Gasteiger partial charge is 0.465 e. The number of carbonyl (C=O) groups is 2. The van der Waals surface area contributed by atoms with Crippen molar-refractivity contribution in [2.45, 2.75) is 32.4 Å². The van der Waals surface area contributed by atoms with Gasteiger partial charge in [-0.15, -0.1) is 11.3 Å². The minimum atomic E-state index is -0.338. The van der Waals surface area contributed by atoms with E-state index in [9.17, 15) is 9.59 Å². The van der Waals surface area contributed by atoms with E-state index >= 15 is 0 Å². The molecule has 1 aromatic carbocycles. The number of rotatable bonds is 5. The Hall–Kier alpha value is -2.25. The Kier molecular flexibility index (Phi) is 6.00. The number of thiazole rings is 1. The second kappa shape index (κ2) is 8.42. The van der Waals surface area contributed by atoms with Gasteiger partial charge in [-0.05, 0) is 31.5 Å². The van der Waals surface area contributed by atoms with Crippen LogP contribution in [0.4, 0.5) is 0 Å². The van der Waals surface area contributed by atoms with Crippen molar-refractivity contribution in [3.63, 3.8) is 0 Å². The maximum atomic E-state index is 11.5. The summed E-state index contributed by atoms with van der Waals surface area (Å²) >= 11 is 1.60. The molecule has 6 nitrogen and oxygen atoms in total. The van der Waals surface area contributed by atoms with Crippen LogP contribution in [-0.4, -0.2) is 48.0 Å². The first kappa shape index (κ1) is 18.5. The van der Waals surface area contributed by atoms with Crippen LogP contribution in [0, 0.1) is 0 Å². The van der Waals surface area contributed by atoms with Crippen molar-refractivity contribution in [2.75, 3.05) is 20.2 Å². The van der Waals surface area contributed by atoms with Gasteiger partial charge < -0.3 is 10.1 Å². The molecule has 26 heavy (non-hydrogen) atoms. The zero-order valence-corrected chi connectivity index (χ0v) is 15.8. The Morgan fingerprint density at radius 3 is 2.81 bits per heavy atom. The molecule has 0 spiro atoms. The minimum Gasteiger partial charge on any atom is -0.465 e. The van der Waals surface area contributed by atoms with Gasteiger partial charge in [-0.3, -0.25) is 9.69 Å². The summed E-state index contributed by atoms with van der Waals surface area (Å²) in [6.45, 7) is 4.24. The first-order chi connectivity index (χ1) is 12.5. The van der Waals surface area contributed by atoms with Crippen LogP contribution in [0.25, 0.3) is 10.6 Å². The second-order valence-electron chi connectivity index (χ2n) is 6.49. The summed E-state index contributed by atoms with van der Waals surface area (Å²) in [7, 11) is 1.38. The summed E-state index contributed by atoms with van der Waals surface area (Å²) in [6.07, 6.45) is 2.11. The summed E-state index contributed by atoms with van der Waals surface area (Å²) < 4.78 is 4.72. The maximum Gasteiger partial charge on any atom is 0.337 e. The summed E-state index contributed by atoms with van der Waals surface area (Å²) in [5.41, 5.74) is 2.56. The van der Waals surface area contributed by atoms with Gasteiger partial charge in [-0.2, -0.15) is 0 Å². The molecule has 0 unspecified atom stereocenters. The van der Waals surface area contributed by atoms with Crippen LogP contribution in [0.2, 0.25) is 0 Å².